The van der Waals surface area contributed by atoms with Gasteiger partial charge in [0.1, 0.15) is 9.84 Å². The van der Waals surface area contributed by atoms with E-state index in [9.17, 15) is 13.2 Å². The van der Waals surface area contributed by atoms with Gasteiger partial charge in [-0.2, -0.15) is 0 Å². The maximum atomic E-state index is 11.8. The molecule has 0 aliphatic rings. The largest absolute Gasteiger partial charge is 0.351 e. The summed E-state index contributed by atoms with van der Waals surface area (Å²) in [7, 11) is -3.09. The maximum absolute atomic E-state index is 11.8. The van der Waals surface area contributed by atoms with Crippen LogP contribution in [-0.4, -0.2) is 32.4 Å². The van der Waals surface area contributed by atoms with Gasteiger partial charge in [0.25, 0.3) is 0 Å². The zero-order valence-corrected chi connectivity index (χ0v) is 13.6. The van der Waals surface area contributed by atoms with Crippen molar-refractivity contribution in [3.8, 4) is 0 Å². The van der Waals surface area contributed by atoms with Gasteiger partial charge in [-0.3, -0.25) is 4.79 Å². The van der Waals surface area contributed by atoms with Crippen LogP contribution < -0.4 is 11.1 Å². The fraction of sp³-hybridized carbons (Fsp3) is 0.533. The highest BCUT2D eigenvalue weighted by molar-refractivity contribution is 7.90. The highest BCUT2D eigenvalue weighted by Crippen LogP contribution is 2.14. The number of sulfone groups is 1. The number of hydrogen-bond acceptors (Lipinski definition) is 4. The first-order valence-electron chi connectivity index (χ1n) is 6.99. The van der Waals surface area contributed by atoms with Crippen molar-refractivity contribution in [3.05, 3.63) is 35.4 Å². The first-order chi connectivity index (χ1) is 9.69. The Morgan fingerprint density at radius 2 is 1.81 bits per heavy atom. The molecule has 0 saturated carbocycles. The summed E-state index contributed by atoms with van der Waals surface area (Å²) < 4.78 is 22.1. The van der Waals surface area contributed by atoms with Crippen molar-refractivity contribution in [1.29, 1.82) is 0 Å². The van der Waals surface area contributed by atoms with Crippen molar-refractivity contribution < 1.29 is 13.2 Å². The highest BCUT2D eigenvalue weighted by Gasteiger charge is 2.15. The van der Waals surface area contributed by atoms with Crippen molar-refractivity contribution in [1.82, 2.24) is 5.32 Å². The van der Waals surface area contributed by atoms with Crippen LogP contribution in [0.25, 0.3) is 0 Å². The maximum Gasteiger partial charge on any atom is 0.237 e. The quantitative estimate of drug-likeness (QED) is 0.791. The number of carbonyl (C=O) groups excluding carboxylic acids is 1. The molecule has 0 bridgehead atoms. The zero-order valence-electron chi connectivity index (χ0n) is 12.8. The Kier molecular flexibility index (Phi) is 6.36. The van der Waals surface area contributed by atoms with Gasteiger partial charge < -0.3 is 11.1 Å². The second-order valence-electron chi connectivity index (χ2n) is 5.64. The summed E-state index contributed by atoms with van der Waals surface area (Å²) in [5.74, 6) is 0.0645. The Balaban J connectivity index is 2.45. The standard InChI is InChI=1S/C15H24N2O3S/c1-11(2)13-6-4-12(5-7-13)10-17-15(18)14(16)8-9-21(3,19)20/h4-7,11,14H,8-10,16H2,1-3H3,(H,17,18). The number of nitrogens with one attached hydrogen (secondary N) is 1. The van der Waals surface area contributed by atoms with Crippen molar-refractivity contribution in [2.24, 2.45) is 5.73 Å². The highest BCUT2D eigenvalue weighted by atomic mass is 32.2. The molecule has 0 aromatic heterocycles. The van der Waals surface area contributed by atoms with E-state index in [0.717, 1.165) is 11.8 Å². The van der Waals surface area contributed by atoms with Gasteiger partial charge in [0.15, 0.2) is 0 Å². The van der Waals surface area contributed by atoms with Crippen LogP contribution in [0, 0.1) is 0 Å². The fourth-order valence-electron chi connectivity index (χ4n) is 1.81. The number of amides is 1. The summed E-state index contributed by atoms with van der Waals surface area (Å²) in [6.07, 6.45) is 1.27. The van der Waals surface area contributed by atoms with E-state index < -0.39 is 15.9 Å². The zero-order chi connectivity index (χ0) is 16.0. The van der Waals surface area contributed by atoms with Gasteiger partial charge in [0, 0.05) is 12.8 Å². The molecule has 0 saturated heterocycles. The molecule has 0 heterocycles. The summed E-state index contributed by atoms with van der Waals surface area (Å²) in [6.45, 7) is 4.64. The molecule has 1 atom stereocenters. The lowest BCUT2D eigenvalue weighted by Gasteiger charge is -2.12. The van der Waals surface area contributed by atoms with Crippen LogP contribution in [0.5, 0.6) is 0 Å². The minimum atomic E-state index is -3.09. The van der Waals surface area contributed by atoms with Crippen LogP contribution in [0.15, 0.2) is 24.3 Å². The third-order valence-corrected chi connectivity index (χ3v) is 4.23. The summed E-state index contributed by atoms with van der Waals surface area (Å²) in [5, 5.41) is 2.72. The lowest BCUT2D eigenvalue weighted by Crippen LogP contribution is -2.41. The monoisotopic (exact) mass is 312 g/mol. The Labute approximate surface area is 126 Å². The molecular formula is C15H24N2O3S. The molecule has 0 fully saturated rings. The molecular weight excluding hydrogens is 288 g/mol. The SMILES string of the molecule is CC(C)c1ccc(CNC(=O)C(N)CCS(C)(=O)=O)cc1. The molecule has 1 rings (SSSR count). The van der Waals surface area contributed by atoms with Gasteiger partial charge >= 0.3 is 0 Å². The second kappa shape index (κ2) is 7.56. The molecule has 1 amide bonds. The number of hydrogen-bond donors (Lipinski definition) is 2. The van der Waals surface area contributed by atoms with Crippen molar-refractivity contribution in [3.63, 3.8) is 0 Å². The number of rotatable bonds is 7. The van der Waals surface area contributed by atoms with Crippen LogP contribution in [0.4, 0.5) is 0 Å². The van der Waals surface area contributed by atoms with Crippen LogP contribution >= 0.6 is 0 Å². The Hall–Kier alpha value is -1.40. The minimum Gasteiger partial charge on any atom is -0.351 e. The van der Waals surface area contributed by atoms with Gasteiger partial charge in [-0.05, 0) is 23.5 Å². The lowest BCUT2D eigenvalue weighted by atomic mass is 10.0. The summed E-state index contributed by atoms with van der Waals surface area (Å²) in [6, 6.07) is 7.22. The molecule has 21 heavy (non-hydrogen) atoms. The molecule has 3 N–H and O–H groups in total. The Bertz CT molecular complexity index is 565. The normalized spacial score (nSPS) is 13.2. The van der Waals surface area contributed by atoms with E-state index in [1.165, 1.54) is 5.56 Å². The predicted octanol–water partition coefficient (Wildman–Crippen LogP) is 1.19. The van der Waals surface area contributed by atoms with E-state index in [1.807, 2.05) is 24.3 Å². The second-order valence-corrected chi connectivity index (χ2v) is 7.90. The van der Waals surface area contributed by atoms with Crippen LogP contribution in [0.1, 0.15) is 37.3 Å². The molecule has 1 aromatic rings. The van der Waals surface area contributed by atoms with E-state index >= 15 is 0 Å². The van der Waals surface area contributed by atoms with Crippen LogP contribution in [-0.2, 0) is 21.2 Å². The van der Waals surface area contributed by atoms with E-state index in [4.69, 9.17) is 5.73 Å². The average molecular weight is 312 g/mol. The molecule has 1 unspecified atom stereocenters. The first-order valence-corrected chi connectivity index (χ1v) is 9.05. The third kappa shape index (κ3) is 6.73. The molecule has 0 radical (unpaired) electrons. The minimum absolute atomic E-state index is 0.0787. The van der Waals surface area contributed by atoms with E-state index in [0.29, 0.717) is 12.5 Å². The van der Waals surface area contributed by atoms with Gasteiger partial charge in [0.2, 0.25) is 5.91 Å². The topological polar surface area (TPSA) is 89.3 Å². The number of benzene rings is 1. The van der Waals surface area contributed by atoms with Gasteiger partial charge in [-0.1, -0.05) is 38.1 Å². The van der Waals surface area contributed by atoms with E-state index in [1.54, 1.807) is 0 Å². The molecule has 118 valence electrons. The molecule has 0 aliphatic carbocycles. The smallest absolute Gasteiger partial charge is 0.237 e. The lowest BCUT2D eigenvalue weighted by molar-refractivity contribution is -0.122. The van der Waals surface area contributed by atoms with E-state index in [-0.39, 0.29) is 18.1 Å². The molecule has 0 aliphatic heterocycles. The molecule has 1 aromatic carbocycles. The van der Waals surface area contributed by atoms with Crippen molar-refractivity contribution in [2.75, 3.05) is 12.0 Å². The van der Waals surface area contributed by atoms with Gasteiger partial charge in [-0.25, -0.2) is 8.42 Å². The fourth-order valence-corrected chi connectivity index (χ4v) is 2.49. The summed E-state index contributed by atoms with van der Waals surface area (Å²) in [4.78, 5) is 11.8. The first kappa shape index (κ1) is 17.7. The van der Waals surface area contributed by atoms with Gasteiger partial charge in [-0.15, -0.1) is 0 Å². The Morgan fingerprint density at radius 1 is 1.24 bits per heavy atom. The van der Waals surface area contributed by atoms with Crippen molar-refractivity contribution in [2.45, 2.75) is 38.8 Å². The average Bonchev–Trinajstić information content (AvgIpc) is 2.41. The molecule has 6 heteroatoms. The predicted molar refractivity (Wildman–Crippen MR) is 84.7 cm³/mol. The van der Waals surface area contributed by atoms with Gasteiger partial charge in [0.05, 0.1) is 11.8 Å². The van der Waals surface area contributed by atoms with E-state index in [2.05, 4.69) is 19.2 Å². The number of nitrogens with two attached hydrogens (primary N) is 1. The molecule has 0 spiro atoms. The summed E-state index contributed by atoms with van der Waals surface area (Å²) in [5.41, 5.74) is 7.91. The van der Waals surface area contributed by atoms with Crippen molar-refractivity contribution >= 4 is 15.7 Å². The number of carbonyl (C=O) groups is 1. The third-order valence-electron chi connectivity index (χ3n) is 3.25. The Morgan fingerprint density at radius 3 is 2.29 bits per heavy atom. The van der Waals surface area contributed by atoms with Crippen LogP contribution in [0.3, 0.4) is 0 Å². The summed E-state index contributed by atoms with van der Waals surface area (Å²) >= 11 is 0. The van der Waals surface area contributed by atoms with Crippen LogP contribution in [0.2, 0.25) is 0 Å². The molecule has 5 nitrogen and oxygen atoms in total.